The van der Waals surface area contributed by atoms with Crippen molar-refractivity contribution in [2.24, 2.45) is 5.73 Å². The largest absolute Gasteiger partial charge is 0.460 e. The summed E-state index contributed by atoms with van der Waals surface area (Å²) in [6.07, 6.45) is -9.44. The topological polar surface area (TPSA) is 60.2 Å². The summed E-state index contributed by atoms with van der Waals surface area (Å²) >= 11 is 0. The Labute approximate surface area is 165 Å². The van der Waals surface area contributed by atoms with Crippen molar-refractivity contribution in [2.75, 3.05) is 0 Å². The van der Waals surface area contributed by atoms with E-state index in [-0.39, 0.29) is 0 Å². The van der Waals surface area contributed by atoms with Gasteiger partial charge in [0.25, 0.3) is 0 Å². The van der Waals surface area contributed by atoms with Gasteiger partial charge in [0.15, 0.2) is 0 Å². The minimum absolute atomic E-state index is 1.57. The molecule has 0 aromatic carbocycles. The quantitative estimate of drug-likeness (QED) is 0.425. The van der Waals surface area contributed by atoms with Crippen LogP contribution in [0.25, 0.3) is 0 Å². The molecule has 0 saturated heterocycles. The molecule has 0 aromatic rings. The number of hydrogen-bond donors (Lipinski definition) is 1. The molecule has 0 aromatic heterocycles. The Morgan fingerprint density at radius 1 is 0.562 bits per heavy atom. The summed E-state index contributed by atoms with van der Waals surface area (Å²) in [5.74, 6) is -51.7. The molecule has 1 atom stereocenters. The van der Waals surface area contributed by atoms with Crippen LogP contribution in [0.3, 0.4) is 0 Å². The van der Waals surface area contributed by atoms with Crippen LogP contribution in [-0.2, 0) is 9.84 Å². The fourth-order valence-corrected chi connectivity index (χ4v) is 2.85. The fraction of sp³-hybridized carbons (Fsp3) is 0.909. The molecule has 193 valence electrons. The van der Waals surface area contributed by atoms with Gasteiger partial charge in [0.2, 0.25) is 9.84 Å². The highest BCUT2D eigenvalue weighted by Gasteiger charge is 2.96. The average molecular weight is 540 g/mol. The summed E-state index contributed by atoms with van der Waals surface area (Å²) in [5.41, 5.74) is 4.36. The van der Waals surface area contributed by atoms with Crippen molar-refractivity contribution in [1.29, 1.82) is 0 Å². The van der Waals surface area contributed by atoms with Crippen molar-refractivity contribution >= 4 is 9.84 Å². The highest BCUT2D eigenvalue weighted by molar-refractivity contribution is 7.93. The van der Waals surface area contributed by atoms with E-state index < -0.39 is 68.6 Å². The lowest BCUT2D eigenvalue weighted by atomic mass is 9.91. The molecular weight excluding hydrogens is 533 g/mol. The first-order valence-electron chi connectivity index (χ1n) is 6.98. The zero-order chi connectivity index (χ0) is 26.8. The summed E-state index contributed by atoms with van der Waals surface area (Å²) in [6, 6.07) is 0. The van der Waals surface area contributed by atoms with Crippen LogP contribution in [0.2, 0.25) is 0 Å². The molecule has 0 saturated carbocycles. The third-order valence-electron chi connectivity index (χ3n) is 3.73. The Balaban J connectivity index is 6.99. The minimum Gasteiger partial charge on any atom is -0.315 e. The number of rotatable bonds is 9. The maximum absolute atomic E-state index is 13.5. The van der Waals surface area contributed by atoms with E-state index in [9.17, 15) is 83.1 Å². The van der Waals surface area contributed by atoms with Crippen LogP contribution >= 0.6 is 0 Å². The molecule has 0 aliphatic heterocycles. The number of sulfone groups is 1. The second-order valence-electron chi connectivity index (χ2n) is 5.83. The monoisotopic (exact) mass is 540 g/mol. The maximum Gasteiger partial charge on any atom is 0.460 e. The van der Waals surface area contributed by atoms with Gasteiger partial charge in [-0.25, -0.2) is 8.42 Å². The molecule has 0 heterocycles. The average Bonchev–Trinajstić information content (AvgIpc) is 2.58. The summed E-state index contributed by atoms with van der Waals surface area (Å²) in [4.78, 5) is 0. The number of halogens is 17. The second-order valence-corrected chi connectivity index (χ2v) is 8.04. The lowest BCUT2D eigenvalue weighted by Crippen LogP contribution is -2.75. The van der Waals surface area contributed by atoms with Crippen molar-refractivity contribution in [3.8, 4) is 0 Å². The normalized spacial score (nSPS) is 17.5. The molecular formula is C11H7F17NO2S. The van der Waals surface area contributed by atoms with Gasteiger partial charge in [0.1, 0.15) is 5.37 Å². The molecule has 0 amide bonds. The van der Waals surface area contributed by atoms with E-state index in [1.165, 1.54) is 0 Å². The molecule has 2 N–H and O–H groups in total. The number of alkyl halides is 17. The van der Waals surface area contributed by atoms with Crippen LogP contribution in [0, 0.1) is 6.92 Å². The predicted molar refractivity (Wildman–Crippen MR) is 67.6 cm³/mol. The third-order valence-corrected chi connectivity index (χ3v) is 5.74. The Kier molecular flexibility index (Phi) is 7.32. The molecule has 0 bridgehead atoms. The molecule has 3 nitrogen and oxygen atoms in total. The Hall–Kier alpha value is -1.28. The fourth-order valence-electron chi connectivity index (χ4n) is 1.67. The van der Waals surface area contributed by atoms with Crippen LogP contribution < -0.4 is 5.73 Å². The Bertz CT molecular complexity index is 800. The molecule has 0 aliphatic rings. The molecule has 0 rings (SSSR count). The van der Waals surface area contributed by atoms with Gasteiger partial charge in [-0.1, -0.05) is 6.92 Å². The molecule has 0 fully saturated rings. The minimum atomic E-state index is -8.85. The lowest BCUT2D eigenvalue weighted by Gasteiger charge is -2.42. The third kappa shape index (κ3) is 3.56. The van der Waals surface area contributed by atoms with Crippen LogP contribution in [0.4, 0.5) is 74.6 Å². The number of nitrogens with two attached hydrogens (primary N) is 1. The summed E-state index contributed by atoms with van der Waals surface area (Å²) < 4.78 is 243. The van der Waals surface area contributed by atoms with Gasteiger partial charge in [0, 0.05) is 0 Å². The van der Waals surface area contributed by atoms with Gasteiger partial charge in [-0.15, -0.1) is 0 Å². The first-order chi connectivity index (χ1) is 13.5. The first kappa shape index (κ1) is 30.7. The van der Waals surface area contributed by atoms with E-state index in [4.69, 9.17) is 0 Å². The van der Waals surface area contributed by atoms with E-state index in [1.54, 1.807) is 0 Å². The summed E-state index contributed by atoms with van der Waals surface area (Å²) in [5, 5.41) is -11.0. The van der Waals surface area contributed by atoms with Gasteiger partial charge >= 0.3 is 47.0 Å². The van der Waals surface area contributed by atoms with Gasteiger partial charge < -0.3 is 5.73 Å². The molecule has 32 heavy (non-hydrogen) atoms. The van der Waals surface area contributed by atoms with Crippen molar-refractivity contribution in [3.63, 3.8) is 0 Å². The zero-order valence-corrected chi connectivity index (χ0v) is 15.0. The van der Waals surface area contributed by atoms with Crippen molar-refractivity contribution < 1.29 is 83.1 Å². The first-order valence-corrected chi connectivity index (χ1v) is 8.52. The van der Waals surface area contributed by atoms with E-state index >= 15 is 0 Å². The van der Waals surface area contributed by atoms with Gasteiger partial charge in [-0.05, 0) is 6.42 Å². The summed E-state index contributed by atoms with van der Waals surface area (Å²) in [7, 11) is -7.26. The van der Waals surface area contributed by atoms with Gasteiger partial charge in [-0.3, -0.25) is 0 Å². The highest BCUT2D eigenvalue weighted by atomic mass is 32.2. The zero-order valence-electron chi connectivity index (χ0n) is 14.2. The van der Waals surface area contributed by atoms with E-state index in [0.717, 1.165) is 0 Å². The van der Waals surface area contributed by atoms with Crippen molar-refractivity contribution in [1.82, 2.24) is 0 Å². The Morgan fingerprint density at radius 3 is 1.06 bits per heavy atom. The molecule has 0 spiro atoms. The van der Waals surface area contributed by atoms with Crippen LogP contribution in [-0.4, -0.2) is 60.8 Å². The second kappa shape index (κ2) is 7.62. The molecule has 1 radical (unpaired) electrons. The number of hydrogen-bond acceptors (Lipinski definition) is 3. The maximum atomic E-state index is 13.5. The molecule has 21 heteroatoms. The lowest BCUT2D eigenvalue weighted by molar-refractivity contribution is -0.458. The van der Waals surface area contributed by atoms with E-state index in [2.05, 4.69) is 12.7 Å². The smallest absolute Gasteiger partial charge is 0.315 e. The SMILES string of the molecule is [CH2]CC(N)S(=O)(=O)C(F)(F)C(F)(F)C(F)(F)C(F)(F)C(F)(F)C(F)(F)C(F)(F)C(F)(F)F. The molecule has 1 unspecified atom stereocenters. The Morgan fingerprint density at radius 2 is 0.812 bits per heavy atom. The van der Waals surface area contributed by atoms with Crippen LogP contribution in [0.15, 0.2) is 0 Å². The standard InChI is InChI=1S/C11H7F17NO2S/c1-2-3(29)32(30,31)11(27,28)9(22,23)7(18,19)5(14,15)4(12,13)6(16,17)8(20,21)10(24,25)26/h3H,1-2,29H2. The van der Waals surface area contributed by atoms with Gasteiger partial charge in [0.05, 0.1) is 0 Å². The van der Waals surface area contributed by atoms with Crippen LogP contribution in [0.5, 0.6) is 0 Å². The van der Waals surface area contributed by atoms with Crippen molar-refractivity contribution in [3.05, 3.63) is 6.92 Å². The predicted octanol–water partition coefficient (Wildman–Crippen LogP) is 4.88. The highest BCUT2D eigenvalue weighted by Crippen LogP contribution is 2.64. The van der Waals surface area contributed by atoms with Crippen molar-refractivity contribution in [2.45, 2.75) is 58.8 Å². The van der Waals surface area contributed by atoms with Crippen LogP contribution in [0.1, 0.15) is 6.42 Å². The van der Waals surface area contributed by atoms with E-state index in [1.807, 2.05) is 0 Å². The van der Waals surface area contributed by atoms with Gasteiger partial charge in [-0.2, -0.15) is 74.6 Å². The van der Waals surface area contributed by atoms with E-state index in [0.29, 0.717) is 0 Å². The molecule has 0 aliphatic carbocycles. The summed E-state index contributed by atoms with van der Waals surface area (Å²) in [6.45, 7) is 2.45.